The van der Waals surface area contributed by atoms with Crippen LogP contribution in [0.4, 0.5) is 5.82 Å². The minimum Gasteiger partial charge on any atom is -0.809 e. The van der Waals surface area contributed by atoms with Gasteiger partial charge in [-0.15, -0.1) is 0 Å². The Labute approximate surface area is 248 Å². The minimum absolute atomic E-state index is 0.0957. The Morgan fingerprint density at radius 1 is 1.18 bits per heavy atom. The fraction of sp³-hybridized carbons (Fsp3) is 0.435. The quantitative estimate of drug-likeness (QED) is 0.127. The number of nitrogens with zero attached hydrogens (tertiary/aromatic N) is 1. The molecule has 19 nitrogen and oxygen atoms in total. The second kappa shape index (κ2) is 13.4. The Balaban J connectivity index is 1.50. The number of aromatic nitrogens is 2. The number of nitrogens with two attached hydrogens (primary N) is 1. The van der Waals surface area contributed by atoms with E-state index in [0.29, 0.717) is 6.08 Å². The number of hydrogen-bond acceptors (Lipinski definition) is 17. The van der Waals surface area contributed by atoms with E-state index in [1.54, 1.807) is 18.2 Å². The summed E-state index contributed by atoms with van der Waals surface area (Å²) in [5, 5.41) is 33.7. The van der Waals surface area contributed by atoms with E-state index in [1.165, 1.54) is 12.1 Å². The fourth-order valence-electron chi connectivity index (χ4n) is 4.31. The van der Waals surface area contributed by atoms with E-state index in [1.807, 2.05) is 0 Å². The first kappa shape index (κ1) is 33.7. The van der Waals surface area contributed by atoms with E-state index < -0.39 is 88.1 Å². The number of aliphatic hydroxyl groups excluding tert-OH is 3. The number of nitrogen functional groups attached to an aromatic ring is 1. The largest absolute Gasteiger partial charge is 0.809 e. The summed E-state index contributed by atoms with van der Waals surface area (Å²) in [5.74, 6) is -4.63. The molecule has 2 unspecified atom stereocenters. The van der Waals surface area contributed by atoms with Crippen molar-refractivity contribution in [1.82, 2.24) is 15.3 Å². The molecule has 0 bridgehead atoms. The van der Waals surface area contributed by atoms with Gasteiger partial charge in [0.05, 0.1) is 12.3 Å². The molecule has 0 radical (unpaired) electrons. The number of anilines is 1. The van der Waals surface area contributed by atoms with Crippen molar-refractivity contribution in [2.75, 3.05) is 12.3 Å². The Kier molecular flexibility index (Phi) is 10.3. The smallest absolute Gasteiger partial charge is 0.347 e. The number of amides is 1. The van der Waals surface area contributed by atoms with Gasteiger partial charge in [0.1, 0.15) is 59.7 Å². The van der Waals surface area contributed by atoms with Crippen molar-refractivity contribution in [2.24, 2.45) is 0 Å². The Bertz CT molecular complexity index is 1520. The van der Waals surface area contributed by atoms with Gasteiger partial charge in [0.15, 0.2) is 0 Å². The predicted molar refractivity (Wildman–Crippen MR) is 139 cm³/mol. The first-order chi connectivity index (χ1) is 20.5. The van der Waals surface area contributed by atoms with Crippen molar-refractivity contribution in [3.63, 3.8) is 0 Å². The molecule has 0 spiro atoms. The van der Waals surface area contributed by atoms with Crippen molar-refractivity contribution in [3.8, 4) is 5.75 Å². The van der Waals surface area contributed by atoms with Crippen LogP contribution in [0.25, 0.3) is 0 Å². The van der Waals surface area contributed by atoms with E-state index in [2.05, 4.69) is 24.3 Å². The number of ether oxygens (including phenoxy) is 3. The van der Waals surface area contributed by atoms with Gasteiger partial charge >= 0.3 is 5.69 Å². The van der Waals surface area contributed by atoms with Gasteiger partial charge in [0.25, 0.3) is 14.1 Å². The summed E-state index contributed by atoms with van der Waals surface area (Å²) in [4.78, 5) is 65.8. The van der Waals surface area contributed by atoms with Crippen LogP contribution in [0.1, 0.15) is 18.7 Å². The highest BCUT2D eigenvalue weighted by molar-refractivity contribution is 7.51. The maximum atomic E-state index is 12.7. The van der Waals surface area contributed by atoms with Gasteiger partial charge in [-0.2, -0.15) is 4.98 Å². The average molecular weight is 661 g/mol. The van der Waals surface area contributed by atoms with Crippen molar-refractivity contribution in [1.29, 1.82) is 0 Å². The van der Waals surface area contributed by atoms with Gasteiger partial charge < -0.3 is 73.9 Å². The zero-order valence-electron chi connectivity index (χ0n) is 22.5. The number of H-pyrrole nitrogens is 1. The zero-order valence-corrected chi connectivity index (χ0v) is 24.3. The molecule has 21 heteroatoms. The van der Waals surface area contributed by atoms with Crippen LogP contribution in [0.2, 0.25) is 0 Å². The number of carbonyl (C=O) groups is 1. The molecule has 0 saturated carbocycles. The van der Waals surface area contributed by atoms with Crippen molar-refractivity contribution >= 4 is 27.1 Å². The van der Waals surface area contributed by atoms with Crippen LogP contribution in [-0.4, -0.2) is 80.4 Å². The van der Waals surface area contributed by atoms with E-state index >= 15 is 0 Å². The molecule has 2 aromatic rings. The van der Waals surface area contributed by atoms with E-state index in [-0.39, 0.29) is 17.3 Å². The normalized spacial score (nSPS) is 29.2. The van der Waals surface area contributed by atoms with Crippen LogP contribution in [0.15, 0.2) is 53.0 Å². The highest BCUT2D eigenvalue weighted by Crippen LogP contribution is 2.51. The van der Waals surface area contributed by atoms with Crippen LogP contribution >= 0.6 is 15.4 Å². The number of carbonyl (C=O) groups excluding carboxylic acids is 1. The molecule has 1 amide bonds. The number of nitrogens with one attached hydrogen (secondary N) is 2. The number of benzene rings is 1. The van der Waals surface area contributed by atoms with Gasteiger partial charge in [0.2, 0.25) is 5.91 Å². The summed E-state index contributed by atoms with van der Waals surface area (Å²) in [7, 11) is -11.8. The lowest BCUT2D eigenvalue weighted by atomic mass is 10.1. The maximum Gasteiger partial charge on any atom is 0.347 e. The summed E-state index contributed by atoms with van der Waals surface area (Å²) in [5.41, 5.74) is 4.52. The zero-order chi connectivity index (χ0) is 32.4. The van der Waals surface area contributed by atoms with Crippen molar-refractivity contribution < 1.29 is 67.2 Å². The van der Waals surface area contributed by atoms with E-state index in [9.17, 15) is 48.7 Å². The van der Waals surface area contributed by atoms with Crippen molar-refractivity contribution in [3.05, 3.63) is 64.4 Å². The molecular weight excluding hydrogens is 634 g/mol. The topological polar surface area (TPSA) is 311 Å². The number of para-hydroxylation sites is 1. The van der Waals surface area contributed by atoms with Crippen LogP contribution in [0.3, 0.4) is 0 Å². The number of aromatic amines is 1. The van der Waals surface area contributed by atoms with Crippen LogP contribution in [0.5, 0.6) is 5.75 Å². The molecule has 7 N–H and O–H groups in total. The Morgan fingerprint density at radius 3 is 2.48 bits per heavy atom. The second-order valence-electron chi connectivity index (χ2n) is 9.59. The highest BCUT2D eigenvalue weighted by atomic mass is 31.2. The molecule has 1 aromatic heterocycles. The Hall–Kier alpha value is -3.19. The van der Waals surface area contributed by atoms with Crippen LogP contribution < -0.4 is 36.2 Å². The monoisotopic (exact) mass is 661 g/mol. The lowest BCUT2D eigenvalue weighted by molar-refractivity contribution is -0.324. The molecule has 1 fully saturated rings. The van der Waals surface area contributed by atoms with Gasteiger partial charge in [0, 0.05) is 13.0 Å². The summed E-state index contributed by atoms with van der Waals surface area (Å²) in [6, 6.07) is 7.49. The lowest BCUT2D eigenvalue weighted by Crippen LogP contribution is -2.55. The molecule has 1 saturated heterocycles. The maximum absolute atomic E-state index is 12.7. The van der Waals surface area contributed by atoms with Crippen molar-refractivity contribution in [2.45, 2.75) is 55.6 Å². The summed E-state index contributed by atoms with van der Waals surface area (Å²) < 4.78 is 50.4. The van der Waals surface area contributed by atoms with Gasteiger partial charge in [-0.1, -0.05) is 18.2 Å². The molecule has 44 heavy (non-hydrogen) atoms. The number of hydrogen-bond donors (Lipinski definition) is 6. The summed E-state index contributed by atoms with van der Waals surface area (Å²) in [6.07, 6.45) is -9.24. The summed E-state index contributed by atoms with van der Waals surface area (Å²) in [6.45, 7) is 0.0614. The lowest BCUT2D eigenvalue weighted by Gasteiger charge is -2.44. The fourth-order valence-corrected chi connectivity index (χ4v) is 6.32. The van der Waals surface area contributed by atoms with E-state index in [0.717, 1.165) is 13.0 Å². The van der Waals surface area contributed by atoms with Crippen LogP contribution in [0, 0.1) is 0 Å². The number of aliphatic hydroxyl groups is 3. The van der Waals surface area contributed by atoms with Crippen LogP contribution in [-0.2, 0) is 32.4 Å². The van der Waals surface area contributed by atoms with Gasteiger partial charge in [-0.25, -0.2) is 4.79 Å². The second-order valence-corrected chi connectivity index (χ2v) is 12.5. The number of rotatable bonds is 11. The first-order valence-electron chi connectivity index (χ1n) is 12.6. The Morgan fingerprint density at radius 2 is 1.86 bits per heavy atom. The standard InChI is InChI=1S/C23H30N4O15P2/c1-10(28)25-17-13(29)8-14(41-21(17)39-11-5-3-2-4-6-11)22(43(33,34)35)42-44(36,37)38-9-15-18(30)19(31)20(40-15)12-7-16(24)27-23(32)26-12/h2-8,13,15,17-22,29-31H,9H2,1H3,(H,25,28)(H,36,37)(H2,33,34,35)(H3,24,26,27,32)/p-3/t13-,15+,17+,18+,19+,20-,21+,22?/m0/s1. The SMILES string of the molecule is CC(=O)N[C@H]1[C@H](Oc2ccccc2)OC(C(OP(=O)([O-])OC[C@H]2O[C@@H](c3cc(N)nc(=O)[nH]3)[C@H](O)[C@@H]2O)P(=O)([O-])[O-])=C[C@@H]1O. The molecule has 242 valence electrons. The molecule has 3 heterocycles. The van der Waals surface area contributed by atoms with E-state index in [4.69, 9.17) is 19.9 Å². The number of phosphoric ester groups is 1. The third kappa shape index (κ3) is 8.29. The molecular formula is C23H27N4O15P2-3. The predicted octanol–water partition coefficient (Wildman–Crippen LogP) is -3.56. The molecule has 1 aromatic carbocycles. The molecule has 9 atom stereocenters. The highest BCUT2D eigenvalue weighted by Gasteiger charge is 2.45. The number of phosphoric acid groups is 1. The molecule has 0 aliphatic carbocycles. The van der Waals surface area contributed by atoms with Gasteiger partial charge in [-0.3, -0.25) is 9.36 Å². The average Bonchev–Trinajstić information content (AvgIpc) is 3.20. The summed E-state index contributed by atoms with van der Waals surface area (Å²) >= 11 is 0. The third-order valence-electron chi connectivity index (χ3n) is 6.22. The first-order valence-corrected chi connectivity index (χ1v) is 15.7. The molecule has 2 aliphatic heterocycles. The van der Waals surface area contributed by atoms with Gasteiger partial charge in [-0.05, 0) is 25.8 Å². The molecule has 4 rings (SSSR count). The molecule has 2 aliphatic rings. The minimum atomic E-state index is -6.05. The third-order valence-corrected chi connectivity index (χ3v) is 8.26.